The molecule has 2 unspecified atom stereocenters. The van der Waals surface area contributed by atoms with Crippen molar-refractivity contribution in [1.82, 2.24) is 15.5 Å². The Morgan fingerprint density at radius 2 is 2.12 bits per heavy atom. The molecule has 2 fully saturated rings. The summed E-state index contributed by atoms with van der Waals surface area (Å²) < 4.78 is 0. The van der Waals surface area contributed by atoms with Gasteiger partial charge in [0.15, 0.2) is 0 Å². The van der Waals surface area contributed by atoms with Gasteiger partial charge >= 0.3 is 0 Å². The van der Waals surface area contributed by atoms with Gasteiger partial charge in [-0.1, -0.05) is 30.3 Å². The topological polar surface area (TPSA) is 125 Å². The molecule has 0 aromatic heterocycles. The largest absolute Gasteiger partial charge is 0.391 e. The van der Waals surface area contributed by atoms with E-state index in [0.29, 0.717) is 26.1 Å². The van der Waals surface area contributed by atoms with Crippen LogP contribution in [0.3, 0.4) is 0 Å². The molecule has 2 aliphatic rings. The molecule has 8 nitrogen and oxygen atoms in total. The molecule has 2 saturated heterocycles. The highest BCUT2D eigenvalue weighted by molar-refractivity contribution is 5.95. The second-order valence-corrected chi connectivity index (χ2v) is 7.11. The van der Waals surface area contributed by atoms with E-state index in [-0.39, 0.29) is 11.8 Å². The number of hydrogen-bond donors (Lipinski definition) is 4. The lowest BCUT2D eigenvalue weighted by Gasteiger charge is -2.44. The third kappa shape index (κ3) is 3.30. The number of primary amides is 1. The SMILES string of the molecule is C[C@@H](O)[C@H](NC(=O)C1CN(Cc2ccccc2)C2(CNC2=O)C1)C(N)=O. The molecular weight excluding hydrogens is 336 g/mol. The van der Waals surface area contributed by atoms with Crippen LogP contribution in [0.5, 0.6) is 0 Å². The molecule has 1 aromatic rings. The van der Waals surface area contributed by atoms with Crippen LogP contribution < -0.4 is 16.4 Å². The summed E-state index contributed by atoms with van der Waals surface area (Å²) >= 11 is 0. The number of nitrogens with zero attached hydrogens (tertiary/aromatic N) is 1. The van der Waals surface area contributed by atoms with Gasteiger partial charge in [-0.2, -0.15) is 0 Å². The first kappa shape index (κ1) is 18.3. The number of carbonyl (C=O) groups is 3. The number of hydrogen-bond acceptors (Lipinski definition) is 5. The molecule has 140 valence electrons. The molecule has 0 radical (unpaired) electrons. The maximum Gasteiger partial charge on any atom is 0.242 e. The Labute approximate surface area is 151 Å². The van der Waals surface area contributed by atoms with E-state index in [2.05, 4.69) is 10.6 Å². The van der Waals surface area contributed by atoms with Crippen LogP contribution in [0.4, 0.5) is 0 Å². The number of carbonyl (C=O) groups excluding carboxylic acids is 3. The number of amides is 3. The van der Waals surface area contributed by atoms with Crippen molar-refractivity contribution in [3.63, 3.8) is 0 Å². The summed E-state index contributed by atoms with van der Waals surface area (Å²) in [6.07, 6.45) is -0.706. The number of aliphatic hydroxyl groups is 1. The van der Waals surface area contributed by atoms with Crippen molar-refractivity contribution in [3.05, 3.63) is 35.9 Å². The van der Waals surface area contributed by atoms with Crippen molar-refractivity contribution in [2.45, 2.75) is 37.6 Å². The summed E-state index contributed by atoms with van der Waals surface area (Å²) in [5.74, 6) is -1.69. The van der Waals surface area contributed by atoms with Gasteiger partial charge in [0.05, 0.1) is 12.0 Å². The lowest BCUT2D eigenvalue weighted by Crippen LogP contribution is -2.70. The van der Waals surface area contributed by atoms with Gasteiger partial charge in [-0.15, -0.1) is 0 Å². The highest BCUT2D eigenvalue weighted by atomic mass is 16.3. The number of nitrogens with two attached hydrogens (primary N) is 1. The minimum Gasteiger partial charge on any atom is -0.391 e. The number of β-lactam (4-membered cyclic amide) rings is 1. The first-order valence-electron chi connectivity index (χ1n) is 8.68. The monoisotopic (exact) mass is 360 g/mol. The van der Waals surface area contributed by atoms with Crippen molar-refractivity contribution in [3.8, 4) is 0 Å². The molecule has 2 aliphatic heterocycles. The van der Waals surface area contributed by atoms with Crippen molar-refractivity contribution in [2.24, 2.45) is 11.7 Å². The maximum atomic E-state index is 12.6. The molecule has 0 aliphatic carbocycles. The van der Waals surface area contributed by atoms with E-state index in [1.165, 1.54) is 6.92 Å². The third-order valence-corrected chi connectivity index (χ3v) is 5.27. The highest BCUT2D eigenvalue weighted by Crippen LogP contribution is 2.38. The van der Waals surface area contributed by atoms with Crippen LogP contribution in [0.25, 0.3) is 0 Å². The van der Waals surface area contributed by atoms with Crippen molar-refractivity contribution >= 4 is 17.7 Å². The number of likely N-dealkylation sites (tertiary alicyclic amines) is 1. The standard InChI is InChI=1S/C18H24N4O4/c1-11(23)14(15(19)24)21-16(25)13-7-18(10-20-17(18)26)22(9-13)8-12-5-3-2-4-6-12/h2-6,11,13-14,23H,7-10H2,1H3,(H2,19,24)(H,20,26)(H,21,25)/t11-,13?,14+,18?/m1/s1. The fourth-order valence-corrected chi connectivity index (χ4v) is 3.72. The van der Waals surface area contributed by atoms with Crippen LogP contribution in [0.15, 0.2) is 30.3 Å². The van der Waals surface area contributed by atoms with Crippen LogP contribution in [0.1, 0.15) is 18.9 Å². The normalized spacial score (nSPS) is 27.5. The van der Waals surface area contributed by atoms with Crippen LogP contribution in [-0.2, 0) is 20.9 Å². The third-order valence-electron chi connectivity index (χ3n) is 5.27. The van der Waals surface area contributed by atoms with Gasteiger partial charge in [-0.3, -0.25) is 19.3 Å². The van der Waals surface area contributed by atoms with Gasteiger partial charge in [-0.25, -0.2) is 0 Å². The Morgan fingerprint density at radius 3 is 2.62 bits per heavy atom. The van der Waals surface area contributed by atoms with Gasteiger partial charge in [0, 0.05) is 19.6 Å². The molecule has 4 atom stereocenters. The van der Waals surface area contributed by atoms with Crippen molar-refractivity contribution < 1.29 is 19.5 Å². The smallest absolute Gasteiger partial charge is 0.242 e. The summed E-state index contributed by atoms with van der Waals surface area (Å²) in [7, 11) is 0. The number of benzene rings is 1. The summed E-state index contributed by atoms with van der Waals surface area (Å²) in [5, 5.41) is 14.9. The van der Waals surface area contributed by atoms with E-state index in [0.717, 1.165) is 5.56 Å². The van der Waals surface area contributed by atoms with Crippen molar-refractivity contribution in [1.29, 1.82) is 0 Å². The lowest BCUT2D eigenvalue weighted by atomic mass is 9.85. The fraction of sp³-hybridized carbons (Fsp3) is 0.500. The first-order valence-corrected chi connectivity index (χ1v) is 8.68. The predicted molar refractivity (Wildman–Crippen MR) is 93.5 cm³/mol. The molecule has 1 spiro atoms. The van der Waals surface area contributed by atoms with Gasteiger partial charge in [0.2, 0.25) is 17.7 Å². The predicted octanol–water partition coefficient (Wildman–Crippen LogP) is -1.27. The highest BCUT2D eigenvalue weighted by Gasteiger charge is 2.57. The van der Waals surface area contributed by atoms with E-state index in [9.17, 15) is 19.5 Å². The molecule has 2 heterocycles. The van der Waals surface area contributed by atoms with E-state index >= 15 is 0 Å². The Bertz CT molecular complexity index is 708. The minimum atomic E-state index is -1.14. The van der Waals surface area contributed by atoms with Gasteiger partial charge in [0.25, 0.3) is 0 Å². The van der Waals surface area contributed by atoms with Gasteiger partial charge in [-0.05, 0) is 18.9 Å². The Balaban J connectivity index is 1.73. The minimum absolute atomic E-state index is 0.0780. The average Bonchev–Trinajstić information content (AvgIpc) is 3.00. The van der Waals surface area contributed by atoms with Crippen LogP contribution in [-0.4, -0.2) is 58.5 Å². The Kier molecular flexibility index (Phi) is 4.97. The number of aliphatic hydroxyl groups excluding tert-OH is 1. The lowest BCUT2D eigenvalue weighted by molar-refractivity contribution is -0.141. The quantitative estimate of drug-likeness (QED) is 0.471. The number of nitrogens with one attached hydrogen (secondary N) is 2. The summed E-state index contributed by atoms with van der Waals surface area (Å²) in [5.41, 5.74) is 5.61. The Morgan fingerprint density at radius 1 is 1.42 bits per heavy atom. The second kappa shape index (κ2) is 7.05. The molecule has 5 N–H and O–H groups in total. The Hall–Kier alpha value is -2.45. The maximum absolute atomic E-state index is 12.6. The van der Waals surface area contributed by atoms with E-state index in [1.807, 2.05) is 35.2 Å². The van der Waals surface area contributed by atoms with E-state index in [1.54, 1.807) is 0 Å². The van der Waals surface area contributed by atoms with E-state index in [4.69, 9.17) is 5.73 Å². The van der Waals surface area contributed by atoms with Crippen LogP contribution >= 0.6 is 0 Å². The first-order chi connectivity index (χ1) is 12.3. The summed E-state index contributed by atoms with van der Waals surface area (Å²) in [6, 6.07) is 8.61. The van der Waals surface area contributed by atoms with Crippen LogP contribution in [0.2, 0.25) is 0 Å². The molecule has 3 amide bonds. The fourth-order valence-electron chi connectivity index (χ4n) is 3.72. The molecule has 0 saturated carbocycles. The molecule has 0 bridgehead atoms. The zero-order valence-corrected chi connectivity index (χ0v) is 14.6. The van der Waals surface area contributed by atoms with Crippen LogP contribution in [0, 0.1) is 5.92 Å². The van der Waals surface area contributed by atoms with Gasteiger partial charge in [0.1, 0.15) is 11.6 Å². The number of rotatable bonds is 6. The second-order valence-electron chi connectivity index (χ2n) is 7.11. The zero-order valence-electron chi connectivity index (χ0n) is 14.6. The zero-order chi connectivity index (χ0) is 18.9. The average molecular weight is 360 g/mol. The molecule has 8 heteroatoms. The molecule has 3 rings (SSSR count). The van der Waals surface area contributed by atoms with Gasteiger partial charge < -0.3 is 21.5 Å². The summed E-state index contributed by atoms with van der Waals surface area (Å²) in [4.78, 5) is 38.3. The molecular formula is C18H24N4O4. The van der Waals surface area contributed by atoms with Crippen molar-refractivity contribution in [2.75, 3.05) is 13.1 Å². The molecule has 26 heavy (non-hydrogen) atoms. The summed E-state index contributed by atoms with van der Waals surface area (Å²) in [6.45, 7) is 2.86. The van der Waals surface area contributed by atoms with E-state index < -0.39 is 29.5 Å². The molecule has 1 aromatic carbocycles.